The molecule has 1 aliphatic rings. The molecule has 0 fully saturated rings. The highest BCUT2D eigenvalue weighted by molar-refractivity contribution is 7.15. The number of halogens is 2. The van der Waals surface area contributed by atoms with Crippen LogP contribution in [0, 0.1) is 11.6 Å². The second-order valence-electron chi connectivity index (χ2n) is 4.23. The van der Waals surface area contributed by atoms with E-state index in [0.717, 1.165) is 23.8 Å². The van der Waals surface area contributed by atoms with Crippen molar-refractivity contribution < 1.29 is 13.6 Å². The zero-order valence-electron chi connectivity index (χ0n) is 9.37. The van der Waals surface area contributed by atoms with Crippen LogP contribution in [0.3, 0.4) is 0 Å². The molecule has 0 saturated heterocycles. The monoisotopic (exact) mass is 265 g/mol. The number of Topliss-reactive ketones (excluding diaryl/α,β-unsaturated/α-hetero) is 1. The molecule has 3 rings (SSSR count). The third kappa shape index (κ3) is 1.95. The van der Waals surface area contributed by atoms with Crippen LogP contribution in [0.4, 0.5) is 8.78 Å². The van der Waals surface area contributed by atoms with Crippen LogP contribution in [0.5, 0.6) is 0 Å². The number of fused-ring (bicyclic) bond motifs is 1. The predicted octanol–water partition coefficient (Wildman–Crippen LogP) is 3.61. The lowest BCUT2D eigenvalue weighted by atomic mass is 10.0. The molecule has 0 radical (unpaired) electrons. The number of rotatable bonds is 1. The molecule has 1 aromatic carbocycles. The number of ketones is 1. The molecule has 0 N–H and O–H groups in total. The van der Waals surface area contributed by atoms with Gasteiger partial charge in [-0.1, -0.05) is 0 Å². The summed E-state index contributed by atoms with van der Waals surface area (Å²) in [5.74, 6) is -1.25. The van der Waals surface area contributed by atoms with Gasteiger partial charge in [-0.2, -0.15) is 0 Å². The summed E-state index contributed by atoms with van der Waals surface area (Å²) in [5, 5.41) is 0.508. The third-order valence-corrected chi connectivity index (χ3v) is 4.04. The number of aryl methyl sites for hydroxylation is 1. The van der Waals surface area contributed by atoms with Gasteiger partial charge in [0.05, 0.1) is 0 Å². The minimum absolute atomic E-state index is 0.0237. The normalized spacial score (nSPS) is 14.7. The zero-order valence-corrected chi connectivity index (χ0v) is 10.2. The SMILES string of the molecule is O=C1CCCc2sc(-c3cc(F)cc(F)c3)nc21. The summed E-state index contributed by atoms with van der Waals surface area (Å²) in [6.45, 7) is 0. The lowest BCUT2D eigenvalue weighted by molar-refractivity contribution is 0.0968. The van der Waals surface area contributed by atoms with Crippen molar-refractivity contribution in [2.24, 2.45) is 0 Å². The number of carbonyl (C=O) groups is 1. The molecule has 1 heterocycles. The van der Waals surface area contributed by atoms with E-state index in [4.69, 9.17) is 0 Å². The van der Waals surface area contributed by atoms with Gasteiger partial charge in [-0.15, -0.1) is 11.3 Å². The maximum atomic E-state index is 13.1. The third-order valence-electron chi connectivity index (χ3n) is 2.88. The van der Waals surface area contributed by atoms with E-state index in [1.165, 1.54) is 23.5 Å². The molecule has 0 unspecified atom stereocenters. The van der Waals surface area contributed by atoms with Crippen LogP contribution in [0.2, 0.25) is 0 Å². The Morgan fingerprint density at radius 3 is 2.50 bits per heavy atom. The molecule has 2 nitrogen and oxygen atoms in total. The van der Waals surface area contributed by atoms with Crippen LogP contribution in [-0.4, -0.2) is 10.8 Å². The van der Waals surface area contributed by atoms with Crippen molar-refractivity contribution in [3.05, 3.63) is 40.4 Å². The van der Waals surface area contributed by atoms with E-state index in [9.17, 15) is 13.6 Å². The van der Waals surface area contributed by atoms with E-state index in [0.29, 0.717) is 22.7 Å². The maximum absolute atomic E-state index is 13.1. The number of hydrogen-bond donors (Lipinski definition) is 0. The van der Waals surface area contributed by atoms with Gasteiger partial charge >= 0.3 is 0 Å². The molecule has 92 valence electrons. The van der Waals surface area contributed by atoms with Gasteiger partial charge in [0.25, 0.3) is 0 Å². The summed E-state index contributed by atoms with van der Waals surface area (Å²) in [5.41, 5.74) is 0.866. The number of nitrogens with zero attached hydrogens (tertiary/aromatic N) is 1. The Hall–Kier alpha value is -1.62. The smallest absolute Gasteiger partial charge is 0.182 e. The van der Waals surface area contributed by atoms with Gasteiger partial charge in [0.2, 0.25) is 0 Å². The quantitative estimate of drug-likeness (QED) is 0.788. The van der Waals surface area contributed by atoms with Crippen LogP contribution < -0.4 is 0 Å². The molecule has 0 bridgehead atoms. The van der Waals surface area contributed by atoms with Crippen LogP contribution in [-0.2, 0) is 6.42 Å². The van der Waals surface area contributed by atoms with Gasteiger partial charge in [0, 0.05) is 22.9 Å². The molecule has 0 atom stereocenters. The molecule has 0 saturated carbocycles. The topological polar surface area (TPSA) is 30.0 Å². The van der Waals surface area contributed by atoms with E-state index in [1.54, 1.807) is 0 Å². The molecule has 2 aromatic rings. The average Bonchev–Trinajstić information content (AvgIpc) is 2.73. The molecule has 0 spiro atoms. The van der Waals surface area contributed by atoms with E-state index in [-0.39, 0.29) is 5.78 Å². The van der Waals surface area contributed by atoms with Crippen LogP contribution in [0.25, 0.3) is 10.6 Å². The highest BCUT2D eigenvalue weighted by Crippen LogP contribution is 2.33. The first-order valence-corrected chi connectivity index (χ1v) is 6.44. The largest absolute Gasteiger partial charge is 0.292 e. The summed E-state index contributed by atoms with van der Waals surface area (Å²) in [6, 6.07) is 3.29. The van der Waals surface area contributed by atoms with E-state index in [1.807, 2.05) is 0 Å². The summed E-state index contributed by atoms with van der Waals surface area (Å²) >= 11 is 1.34. The van der Waals surface area contributed by atoms with Crippen LogP contribution in [0.1, 0.15) is 28.2 Å². The number of carbonyl (C=O) groups excluding carboxylic acids is 1. The van der Waals surface area contributed by atoms with Crippen molar-refractivity contribution in [2.45, 2.75) is 19.3 Å². The zero-order chi connectivity index (χ0) is 12.7. The van der Waals surface area contributed by atoms with Crippen molar-refractivity contribution >= 4 is 17.1 Å². The standard InChI is InChI=1S/C13H9F2NOS/c14-8-4-7(5-9(15)6-8)13-16-12-10(17)2-1-3-11(12)18-13/h4-6H,1-3H2. The summed E-state index contributed by atoms with van der Waals surface area (Å²) in [7, 11) is 0. The Morgan fingerprint density at radius 1 is 1.11 bits per heavy atom. The summed E-state index contributed by atoms with van der Waals surface area (Å²) < 4.78 is 26.3. The molecule has 0 aliphatic heterocycles. The van der Waals surface area contributed by atoms with E-state index < -0.39 is 11.6 Å². The molecule has 1 aliphatic carbocycles. The highest BCUT2D eigenvalue weighted by atomic mass is 32.1. The minimum atomic E-state index is -0.635. The van der Waals surface area contributed by atoms with E-state index in [2.05, 4.69) is 4.98 Å². The van der Waals surface area contributed by atoms with Crippen molar-refractivity contribution in [3.63, 3.8) is 0 Å². The Kier molecular flexibility index (Phi) is 2.70. The molecular formula is C13H9F2NOS. The van der Waals surface area contributed by atoms with Crippen LogP contribution >= 0.6 is 11.3 Å². The fraction of sp³-hybridized carbons (Fsp3) is 0.231. The lowest BCUT2D eigenvalue weighted by Gasteiger charge is -2.06. The Bertz CT molecular complexity index is 616. The fourth-order valence-corrected chi connectivity index (χ4v) is 3.18. The molecule has 0 amide bonds. The first-order chi connectivity index (χ1) is 8.63. The Morgan fingerprint density at radius 2 is 1.83 bits per heavy atom. The second-order valence-corrected chi connectivity index (χ2v) is 5.31. The van der Waals surface area contributed by atoms with Gasteiger partial charge in [-0.25, -0.2) is 13.8 Å². The number of thiazole rings is 1. The van der Waals surface area contributed by atoms with Crippen molar-refractivity contribution in [3.8, 4) is 10.6 Å². The van der Waals surface area contributed by atoms with E-state index >= 15 is 0 Å². The first-order valence-electron chi connectivity index (χ1n) is 5.63. The van der Waals surface area contributed by atoms with Gasteiger partial charge in [0.1, 0.15) is 22.3 Å². The lowest BCUT2D eigenvalue weighted by Crippen LogP contribution is -2.08. The molecule has 5 heteroatoms. The number of benzene rings is 1. The van der Waals surface area contributed by atoms with Gasteiger partial charge in [-0.3, -0.25) is 4.79 Å². The number of hydrogen-bond acceptors (Lipinski definition) is 3. The first kappa shape index (κ1) is 11.5. The number of aromatic nitrogens is 1. The minimum Gasteiger partial charge on any atom is -0.292 e. The summed E-state index contributed by atoms with van der Waals surface area (Å²) in [4.78, 5) is 16.8. The van der Waals surface area contributed by atoms with Gasteiger partial charge < -0.3 is 0 Å². The second kappa shape index (κ2) is 4.24. The maximum Gasteiger partial charge on any atom is 0.182 e. The molecular weight excluding hydrogens is 256 g/mol. The van der Waals surface area contributed by atoms with Crippen molar-refractivity contribution in [2.75, 3.05) is 0 Å². The highest BCUT2D eigenvalue weighted by Gasteiger charge is 2.22. The Balaban J connectivity index is 2.10. The van der Waals surface area contributed by atoms with Crippen molar-refractivity contribution in [1.29, 1.82) is 0 Å². The van der Waals surface area contributed by atoms with Gasteiger partial charge in [0.15, 0.2) is 5.78 Å². The van der Waals surface area contributed by atoms with Gasteiger partial charge in [-0.05, 0) is 25.0 Å². The molecule has 1 aromatic heterocycles. The molecule has 18 heavy (non-hydrogen) atoms. The summed E-state index contributed by atoms with van der Waals surface area (Å²) in [6.07, 6.45) is 2.15. The van der Waals surface area contributed by atoms with Crippen LogP contribution in [0.15, 0.2) is 18.2 Å². The predicted molar refractivity (Wildman–Crippen MR) is 64.7 cm³/mol. The van der Waals surface area contributed by atoms with Crippen molar-refractivity contribution in [1.82, 2.24) is 4.98 Å². The Labute approximate surface area is 106 Å². The average molecular weight is 265 g/mol. The fourth-order valence-electron chi connectivity index (χ4n) is 2.07.